The second-order valence-corrected chi connectivity index (χ2v) is 4.69. The van der Waals surface area contributed by atoms with E-state index in [4.69, 9.17) is 5.11 Å². The third kappa shape index (κ3) is 3.40. The van der Waals surface area contributed by atoms with Crippen molar-refractivity contribution < 1.29 is 19.0 Å². The first kappa shape index (κ1) is 14.2. The molecule has 1 aliphatic heterocycles. The van der Waals surface area contributed by atoms with E-state index in [0.717, 1.165) is 0 Å². The van der Waals surface area contributed by atoms with Crippen LogP contribution in [0.15, 0.2) is 12.1 Å². The number of hydrogen-bond donors (Lipinski definition) is 3. The Labute approximate surface area is 110 Å². The lowest BCUT2D eigenvalue weighted by Crippen LogP contribution is -2.44. The highest BCUT2D eigenvalue weighted by molar-refractivity contribution is 5.51. The molecular weight excluding hydrogens is 254 g/mol. The zero-order valence-corrected chi connectivity index (χ0v) is 10.6. The molecule has 0 amide bonds. The average molecular weight is 272 g/mol. The SMILES string of the molecule is OCC(O)Cc1cc(F)c(N2CCNCC2)c(F)c1. The summed E-state index contributed by atoms with van der Waals surface area (Å²) in [6.45, 7) is 2.09. The Balaban J connectivity index is 2.21. The van der Waals surface area contributed by atoms with Crippen LogP contribution in [0.3, 0.4) is 0 Å². The van der Waals surface area contributed by atoms with Crippen molar-refractivity contribution >= 4 is 5.69 Å². The fourth-order valence-electron chi connectivity index (χ4n) is 2.26. The molecule has 1 saturated heterocycles. The quantitative estimate of drug-likeness (QED) is 0.736. The van der Waals surface area contributed by atoms with Crippen LogP contribution in [0.25, 0.3) is 0 Å². The molecule has 3 N–H and O–H groups in total. The molecule has 0 aliphatic carbocycles. The van der Waals surface area contributed by atoms with Gasteiger partial charge < -0.3 is 20.4 Å². The third-order valence-electron chi connectivity index (χ3n) is 3.19. The molecule has 0 aromatic heterocycles. The molecule has 0 spiro atoms. The van der Waals surface area contributed by atoms with E-state index in [1.807, 2.05) is 0 Å². The molecule has 106 valence electrons. The van der Waals surface area contributed by atoms with Gasteiger partial charge in [-0.1, -0.05) is 0 Å². The van der Waals surface area contributed by atoms with E-state index in [0.29, 0.717) is 31.7 Å². The van der Waals surface area contributed by atoms with Gasteiger partial charge in [-0.2, -0.15) is 0 Å². The van der Waals surface area contributed by atoms with Gasteiger partial charge in [0, 0.05) is 32.6 Å². The van der Waals surface area contributed by atoms with Gasteiger partial charge in [-0.25, -0.2) is 8.78 Å². The van der Waals surface area contributed by atoms with E-state index in [9.17, 15) is 13.9 Å². The molecule has 1 unspecified atom stereocenters. The molecule has 0 radical (unpaired) electrons. The summed E-state index contributed by atoms with van der Waals surface area (Å²) in [5.41, 5.74) is 0.333. The van der Waals surface area contributed by atoms with Gasteiger partial charge in [0.05, 0.1) is 12.7 Å². The Morgan fingerprint density at radius 1 is 1.21 bits per heavy atom. The van der Waals surface area contributed by atoms with E-state index in [1.54, 1.807) is 4.90 Å². The van der Waals surface area contributed by atoms with Crippen molar-refractivity contribution in [2.24, 2.45) is 0 Å². The maximum absolute atomic E-state index is 14.0. The topological polar surface area (TPSA) is 55.7 Å². The summed E-state index contributed by atoms with van der Waals surface area (Å²) in [5.74, 6) is -1.25. The van der Waals surface area contributed by atoms with Gasteiger partial charge >= 0.3 is 0 Å². The van der Waals surface area contributed by atoms with Crippen LogP contribution in [-0.2, 0) is 6.42 Å². The van der Waals surface area contributed by atoms with Gasteiger partial charge in [0.1, 0.15) is 17.3 Å². The van der Waals surface area contributed by atoms with E-state index >= 15 is 0 Å². The number of nitrogens with one attached hydrogen (secondary N) is 1. The number of anilines is 1. The summed E-state index contributed by atoms with van der Waals surface area (Å²) in [7, 11) is 0. The van der Waals surface area contributed by atoms with E-state index < -0.39 is 24.3 Å². The molecule has 1 aromatic rings. The van der Waals surface area contributed by atoms with Gasteiger partial charge in [0.15, 0.2) is 0 Å². The molecule has 1 aliphatic rings. The Morgan fingerprint density at radius 2 is 1.79 bits per heavy atom. The van der Waals surface area contributed by atoms with Crippen LogP contribution < -0.4 is 10.2 Å². The first-order chi connectivity index (χ1) is 9.11. The number of rotatable bonds is 4. The monoisotopic (exact) mass is 272 g/mol. The number of aliphatic hydroxyl groups is 2. The highest BCUT2D eigenvalue weighted by Crippen LogP contribution is 2.25. The predicted molar refractivity (Wildman–Crippen MR) is 68.2 cm³/mol. The van der Waals surface area contributed by atoms with Crippen molar-refractivity contribution in [3.05, 3.63) is 29.3 Å². The third-order valence-corrected chi connectivity index (χ3v) is 3.19. The Kier molecular flexibility index (Phi) is 4.68. The van der Waals surface area contributed by atoms with Gasteiger partial charge in [-0.15, -0.1) is 0 Å². The minimum absolute atomic E-state index is 0.0104. The lowest BCUT2D eigenvalue weighted by atomic mass is 10.1. The lowest BCUT2D eigenvalue weighted by Gasteiger charge is -2.30. The smallest absolute Gasteiger partial charge is 0.149 e. The van der Waals surface area contributed by atoms with Crippen molar-refractivity contribution in [2.45, 2.75) is 12.5 Å². The molecule has 0 bridgehead atoms. The Morgan fingerprint density at radius 3 is 2.32 bits per heavy atom. The van der Waals surface area contributed by atoms with Crippen molar-refractivity contribution in [1.82, 2.24) is 5.32 Å². The minimum Gasteiger partial charge on any atom is -0.394 e. The standard InChI is InChI=1S/C13H18F2N2O2/c14-11-6-9(5-10(19)8-18)7-12(15)13(11)17-3-1-16-2-4-17/h6-7,10,16,18-19H,1-5,8H2. The molecule has 4 nitrogen and oxygen atoms in total. The second kappa shape index (κ2) is 6.27. The van der Waals surface area contributed by atoms with Crippen molar-refractivity contribution in [3.8, 4) is 0 Å². The lowest BCUT2D eigenvalue weighted by molar-refractivity contribution is 0.0954. The normalized spacial score (nSPS) is 17.6. The summed E-state index contributed by atoms with van der Waals surface area (Å²) in [6.07, 6.45) is -0.963. The minimum atomic E-state index is -0.996. The van der Waals surface area contributed by atoms with E-state index in [1.165, 1.54) is 12.1 Å². The van der Waals surface area contributed by atoms with Crippen LogP contribution in [0.2, 0.25) is 0 Å². The number of aliphatic hydroxyl groups excluding tert-OH is 2. The number of piperazine rings is 1. The van der Waals surface area contributed by atoms with Crippen LogP contribution in [-0.4, -0.2) is 49.1 Å². The molecule has 1 heterocycles. The molecule has 2 rings (SSSR count). The molecule has 1 fully saturated rings. The van der Waals surface area contributed by atoms with Gasteiger partial charge in [0.2, 0.25) is 0 Å². The van der Waals surface area contributed by atoms with Crippen LogP contribution in [0, 0.1) is 11.6 Å². The fourth-order valence-corrected chi connectivity index (χ4v) is 2.26. The maximum atomic E-state index is 14.0. The van der Waals surface area contributed by atoms with Gasteiger partial charge in [-0.3, -0.25) is 0 Å². The fraction of sp³-hybridized carbons (Fsp3) is 0.538. The number of nitrogens with zero attached hydrogens (tertiary/aromatic N) is 1. The Hall–Kier alpha value is -1.24. The van der Waals surface area contributed by atoms with Crippen LogP contribution in [0.1, 0.15) is 5.56 Å². The van der Waals surface area contributed by atoms with Gasteiger partial charge in [-0.05, 0) is 17.7 Å². The van der Waals surface area contributed by atoms with E-state index in [2.05, 4.69) is 5.32 Å². The highest BCUT2D eigenvalue weighted by atomic mass is 19.1. The zero-order valence-electron chi connectivity index (χ0n) is 10.6. The second-order valence-electron chi connectivity index (χ2n) is 4.69. The van der Waals surface area contributed by atoms with Crippen molar-refractivity contribution in [1.29, 1.82) is 0 Å². The van der Waals surface area contributed by atoms with Crippen LogP contribution in [0.5, 0.6) is 0 Å². The first-order valence-corrected chi connectivity index (χ1v) is 6.34. The molecule has 19 heavy (non-hydrogen) atoms. The summed E-state index contributed by atoms with van der Waals surface area (Å²) in [6, 6.07) is 2.44. The summed E-state index contributed by atoms with van der Waals surface area (Å²) >= 11 is 0. The average Bonchev–Trinajstić information content (AvgIpc) is 2.39. The highest BCUT2D eigenvalue weighted by Gasteiger charge is 2.20. The first-order valence-electron chi connectivity index (χ1n) is 6.34. The largest absolute Gasteiger partial charge is 0.394 e. The summed E-state index contributed by atoms with van der Waals surface area (Å²) in [4.78, 5) is 1.67. The van der Waals surface area contributed by atoms with Gasteiger partial charge in [0.25, 0.3) is 0 Å². The van der Waals surface area contributed by atoms with Crippen molar-refractivity contribution in [2.75, 3.05) is 37.7 Å². The zero-order chi connectivity index (χ0) is 13.8. The molecular formula is C13H18F2N2O2. The van der Waals surface area contributed by atoms with E-state index in [-0.39, 0.29) is 12.1 Å². The molecule has 0 saturated carbocycles. The summed E-state index contributed by atoms with van der Waals surface area (Å²) in [5, 5.41) is 21.2. The van der Waals surface area contributed by atoms with Crippen molar-refractivity contribution in [3.63, 3.8) is 0 Å². The number of halogens is 2. The van der Waals surface area contributed by atoms with Crippen LogP contribution >= 0.6 is 0 Å². The van der Waals surface area contributed by atoms with Crippen LogP contribution in [0.4, 0.5) is 14.5 Å². The maximum Gasteiger partial charge on any atom is 0.149 e. The molecule has 1 aromatic carbocycles. The predicted octanol–water partition coefficient (Wildman–Crippen LogP) is 0.270. The number of benzene rings is 1. The summed E-state index contributed by atoms with van der Waals surface area (Å²) < 4.78 is 28.0. The molecule has 6 heteroatoms. The Bertz CT molecular complexity index is 414. The number of hydrogen-bond acceptors (Lipinski definition) is 4. The molecule has 1 atom stereocenters.